The Morgan fingerprint density at radius 1 is 1.25 bits per heavy atom. The predicted molar refractivity (Wildman–Crippen MR) is 65.9 cm³/mol. The Hall–Kier alpha value is -1.51. The van der Waals surface area contributed by atoms with Gasteiger partial charge in [-0.1, -0.05) is 12.1 Å². The van der Waals surface area contributed by atoms with Crippen molar-refractivity contribution in [2.24, 2.45) is 0 Å². The lowest BCUT2D eigenvalue weighted by atomic mass is 10.1. The zero-order valence-corrected chi connectivity index (χ0v) is 10.1. The Kier molecular flexibility index (Phi) is 3.93. The minimum atomic E-state index is -0.366. The molecule has 0 aliphatic heterocycles. The van der Waals surface area contributed by atoms with Crippen LogP contribution >= 0.6 is 0 Å². The minimum absolute atomic E-state index is 0.271. The van der Waals surface area contributed by atoms with E-state index in [-0.39, 0.29) is 11.3 Å². The molecule has 1 aromatic rings. The van der Waals surface area contributed by atoms with Crippen LogP contribution in [0.4, 0.5) is 0 Å². The van der Waals surface area contributed by atoms with Crippen LogP contribution in [0, 0.1) is 5.21 Å². The minimum Gasteiger partial charge on any atom is -0.624 e. The van der Waals surface area contributed by atoms with Crippen LogP contribution in [-0.2, 0) is 6.42 Å². The molecule has 0 amide bonds. The fourth-order valence-corrected chi connectivity index (χ4v) is 1.28. The third kappa shape index (κ3) is 3.93. The highest BCUT2D eigenvalue weighted by atomic mass is 16.5. The molecule has 0 heterocycles. The van der Waals surface area contributed by atoms with Gasteiger partial charge in [-0.05, 0) is 24.1 Å². The fourth-order valence-electron chi connectivity index (χ4n) is 1.28. The average Bonchev–Trinajstić information content (AvgIpc) is 2.19. The summed E-state index contributed by atoms with van der Waals surface area (Å²) in [5.41, 5.74) is 0.756. The van der Waals surface area contributed by atoms with Gasteiger partial charge in [0.05, 0.1) is 0 Å². The number of aromatic hydroxyl groups is 1. The van der Waals surface area contributed by atoms with E-state index < -0.39 is 0 Å². The van der Waals surface area contributed by atoms with Gasteiger partial charge in [-0.15, -0.1) is 0 Å². The first-order valence-electron chi connectivity index (χ1n) is 5.47. The number of nitrogens with zero attached hydrogens (tertiary/aromatic N) is 1. The molecule has 0 unspecified atom stereocenters. The van der Waals surface area contributed by atoms with Crippen molar-refractivity contribution < 1.29 is 9.85 Å². The lowest BCUT2D eigenvalue weighted by Crippen LogP contribution is -2.29. The second kappa shape index (κ2) is 5.01. The lowest BCUT2D eigenvalue weighted by molar-refractivity contribution is -0.532. The van der Waals surface area contributed by atoms with Crippen LogP contribution in [0.25, 0.3) is 0 Å². The van der Waals surface area contributed by atoms with Gasteiger partial charge in [0.25, 0.3) is 0 Å². The molecule has 0 atom stereocenters. The zero-order chi connectivity index (χ0) is 12.2. The number of phenols is 1. The largest absolute Gasteiger partial charge is 0.624 e. The van der Waals surface area contributed by atoms with E-state index in [0.29, 0.717) is 6.42 Å². The summed E-state index contributed by atoms with van der Waals surface area (Å²) < 4.78 is 0.993. The topological polar surface area (TPSA) is 46.3 Å². The number of rotatable bonds is 3. The van der Waals surface area contributed by atoms with Gasteiger partial charge in [-0.2, -0.15) is 0 Å². The molecule has 88 valence electrons. The van der Waals surface area contributed by atoms with Crippen LogP contribution < -0.4 is 0 Å². The highest BCUT2D eigenvalue weighted by Crippen LogP contribution is 2.11. The number of hydrogen-bond donors (Lipinski definition) is 1. The van der Waals surface area contributed by atoms with E-state index in [9.17, 15) is 5.21 Å². The van der Waals surface area contributed by atoms with Crippen LogP contribution in [0.1, 0.15) is 32.8 Å². The summed E-state index contributed by atoms with van der Waals surface area (Å²) in [6.45, 7) is 5.66. The summed E-state index contributed by atoms with van der Waals surface area (Å²) in [6.07, 6.45) is 3.20. The molecule has 0 bridgehead atoms. The molecule has 1 aromatic carbocycles. The van der Waals surface area contributed by atoms with Crippen LogP contribution in [0.3, 0.4) is 0 Å². The maximum atomic E-state index is 11.5. The third-order valence-corrected chi connectivity index (χ3v) is 2.33. The van der Waals surface area contributed by atoms with Crippen molar-refractivity contribution in [1.29, 1.82) is 0 Å². The summed E-state index contributed by atoms with van der Waals surface area (Å²) in [5, 5.41) is 20.6. The molecular weight excluding hydrogens is 202 g/mol. The second-order valence-electron chi connectivity index (χ2n) is 4.88. The maximum absolute atomic E-state index is 11.5. The smallest absolute Gasteiger partial charge is 0.164 e. The van der Waals surface area contributed by atoms with Crippen molar-refractivity contribution in [3.8, 4) is 5.75 Å². The van der Waals surface area contributed by atoms with Gasteiger partial charge < -0.3 is 10.3 Å². The molecule has 0 aliphatic carbocycles. The number of benzene rings is 1. The second-order valence-corrected chi connectivity index (χ2v) is 4.88. The Bertz CT molecular complexity index is 361. The molecular formula is C13H19NO2. The molecule has 0 aromatic heterocycles. The molecule has 0 aliphatic rings. The first-order chi connectivity index (χ1) is 7.39. The van der Waals surface area contributed by atoms with E-state index in [2.05, 4.69) is 0 Å². The molecule has 0 radical (unpaired) electrons. The summed E-state index contributed by atoms with van der Waals surface area (Å²) in [5.74, 6) is 0.271. The first kappa shape index (κ1) is 12.6. The zero-order valence-electron chi connectivity index (χ0n) is 10.1. The Labute approximate surface area is 96.6 Å². The van der Waals surface area contributed by atoms with Gasteiger partial charge in [0, 0.05) is 27.2 Å². The molecule has 1 N–H and O–H groups in total. The quantitative estimate of drug-likeness (QED) is 0.369. The molecule has 16 heavy (non-hydrogen) atoms. The lowest BCUT2D eigenvalue weighted by Gasteiger charge is -2.18. The number of phenolic OH excluding ortho intramolecular Hbond substituents is 1. The Morgan fingerprint density at radius 3 is 2.31 bits per heavy atom. The van der Waals surface area contributed by atoms with Crippen molar-refractivity contribution in [3.63, 3.8) is 0 Å². The van der Waals surface area contributed by atoms with E-state index in [4.69, 9.17) is 5.11 Å². The fraction of sp³-hybridized carbons (Fsp3) is 0.462. The predicted octanol–water partition coefficient (Wildman–Crippen LogP) is 2.70. The van der Waals surface area contributed by atoms with Crippen molar-refractivity contribution in [1.82, 2.24) is 0 Å². The van der Waals surface area contributed by atoms with Crippen molar-refractivity contribution in [3.05, 3.63) is 35.0 Å². The van der Waals surface area contributed by atoms with Gasteiger partial charge in [0.2, 0.25) is 0 Å². The third-order valence-electron chi connectivity index (χ3n) is 2.33. The summed E-state index contributed by atoms with van der Waals surface area (Å²) >= 11 is 0. The van der Waals surface area contributed by atoms with Crippen molar-refractivity contribution in [2.45, 2.75) is 39.2 Å². The van der Waals surface area contributed by atoms with Crippen molar-refractivity contribution in [2.75, 3.05) is 0 Å². The molecule has 3 nitrogen and oxygen atoms in total. The van der Waals surface area contributed by atoms with Crippen molar-refractivity contribution >= 4 is 6.21 Å². The first-order valence-corrected chi connectivity index (χ1v) is 5.47. The van der Waals surface area contributed by atoms with E-state index in [1.165, 1.54) is 0 Å². The van der Waals surface area contributed by atoms with Gasteiger partial charge in [0.15, 0.2) is 11.8 Å². The standard InChI is InChI=1S/C13H19NO2/c1-13(2,3)14(16)10-4-5-11-6-8-12(15)9-7-11/h6-10,15H,4-5H2,1-3H3. The average molecular weight is 221 g/mol. The van der Waals surface area contributed by atoms with Gasteiger partial charge in [-0.25, -0.2) is 4.74 Å². The maximum Gasteiger partial charge on any atom is 0.164 e. The summed E-state index contributed by atoms with van der Waals surface area (Å²) in [7, 11) is 0. The molecule has 0 fully saturated rings. The van der Waals surface area contributed by atoms with E-state index in [1.807, 2.05) is 32.9 Å². The Balaban J connectivity index is 2.50. The molecule has 0 saturated carbocycles. The molecule has 0 spiro atoms. The molecule has 1 rings (SSSR count). The summed E-state index contributed by atoms with van der Waals surface area (Å²) in [4.78, 5) is 0. The van der Waals surface area contributed by atoms with Crippen LogP contribution in [0.5, 0.6) is 5.75 Å². The monoisotopic (exact) mass is 221 g/mol. The van der Waals surface area contributed by atoms with Crippen LogP contribution in [0.2, 0.25) is 0 Å². The number of aryl methyl sites for hydroxylation is 1. The Morgan fingerprint density at radius 2 is 1.81 bits per heavy atom. The molecule has 0 saturated heterocycles. The summed E-state index contributed by atoms with van der Waals surface area (Å²) in [6, 6.07) is 7.06. The van der Waals surface area contributed by atoms with E-state index in [0.717, 1.165) is 16.7 Å². The number of hydrogen-bond acceptors (Lipinski definition) is 2. The van der Waals surface area contributed by atoms with Gasteiger partial charge in [0.1, 0.15) is 5.75 Å². The van der Waals surface area contributed by atoms with Crippen LogP contribution in [0.15, 0.2) is 24.3 Å². The highest BCUT2D eigenvalue weighted by molar-refractivity contribution is 5.52. The molecule has 3 heteroatoms. The normalized spacial score (nSPS) is 12.8. The van der Waals surface area contributed by atoms with Gasteiger partial charge in [-0.3, -0.25) is 0 Å². The van der Waals surface area contributed by atoms with Crippen LogP contribution in [-0.4, -0.2) is 21.6 Å². The van der Waals surface area contributed by atoms with E-state index >= 15 is 0 Å². The SMILES string of the molecule is CC(C)(C)[N+]([O-])=CCCc1ccc(O)cc1. The number of hydroxylamine groups is 1. The van der Waals surface area contributed by atoms with E-state index in [1.54, 1.807) is 18.3 Å². The van der Waals surface area contributed by atoms with Gasteiger partial charge >= 0.3 is 0 Å². The highest BCUT2D eigenvalue weighted by Gasteiger charge is 2.17.